The molecule has 2 saturated heterocycles. The van der Waals surface area contributed by atoms with Crippen LogP contribution in [-0.2, 0) is 14.3 Å². The van der Waals surface area contributed by atoms with E-state index in [0.717, 1.165) is 6.42 Å². The van der Waals surface area contributed by atoms with Crippen LogP contribution in [0.15, 0.2) is 0 Å². The van der Waals surface area contributed by atoms with Gasteiger partial charge in [-0.2, -0.15) is 0 Å². The van der Waals surface area contributed by atoms with Gasteiger partial charge in [-0.25, -0.2) is 0 Å². The molecule has 0 aromatic rings. The second-order valence-corrected chi connectivity index (χ2v) is 4.74. The van der Waals surface area contributed by atoms with Crippen LogP contribution in [0.2, 0.25) is 0 Å². The smallest absolute Gasteiger partial charge is 0.202 e. The third kappa shape index (κ3) is 1.88. The fraction of sp³-hybridized carbons (Fsp3) is 0.909. The molecular weight excluding hydrogens is 212 g/mol. The lowest BCUT2D eigenvalue weighted by Gasteiger charge is -2.47. The Kier molecular flexibility index (Phi) is 3.05. The molecule has 1 spiro atoms. The topological polar surface area (TPSA) is 76.0 Å². The van der Waals surface area contributed by atoms with Gasteiger partial charge in [0.15, 0.2) is 5.78 Å². The third-order valence-corrected chi connectivity index (χ3v) is 3.34. The van der Waals surface area contributed by atoms with E-state index in [1.165, 1.54) is 0 Å². The van der Waals surface area contributed by atoms with Gasteiger partial charge in [-0.05, 0) is 26.7 Å². The minimum atomic E-state index is -1.24. The number of ketones is 1. The summed E-state index contributed by atoms with van der Waals surface area (Å²) in [5.41, 5.74) is 0. The van der Waals surface area contributed by atoms with E-state index in [1.807, 2.05) is 6.92 Å². The van der Waals surface area contributed by atoms with E-state index in [-0.39, 0.29) is 18.3 Å². The molecule has 2 aliphatic rings. The number of rotatable bonds is 0. The van der Waals surface area contributed by atoms with E-state index in [0.29, 0.717) is 6.42 Å². The predicted octanol–water partition coefficient (Wildman–Crippen LogP) is -0.0187. The number of aliphatic hydroxyl groups excluding tert-OH is 2. The number of ether oxygens (including phenoxy) is 2. The SMILES string of the molecule is C[C@@H]1CC[C@H](O)[C@]2(CC(=O)[C@@H](O)[C@H](C)O2)O1. The van der Waals surface area contributed by atoms with E-state index in [9.17, 15) is 15.0 Å². The summed E-state index contributed by atoms with van der Waals surface area (Å²) in [6.45, 7) is 3.50. The molecule has 0 amide bonds. The molecule has 0 radical (unpaired) electrons. The van der Waals surface area contributed by atoms with Crippen LogP contribution >= 0.6 is 0 Å². The van der Waals surface area contributed by atoms with Gasteiger partial charge in [-0.3, -0.25) is 4.79 Å². The van der Waals surface area contributed by atoms with Crippen molar-refractivity contribution in [2.24, 2.45) is 0 Å². The third-order valence-electron chi connectivity index (χ3n) is 3.34. The van der Waals surface area contributed by atoms with Gasteiger partial charge in [-0.15, -0.1) is 0 Å². The predicted molar refractivity (Wildman–Crippen MR) is 54.7 cm³/mol. The van der Waals surface area contributed by atoms with Gasteiger partial charge in [0.05, 0.1) is 18.6 Å². The minimum absolute atomic E-state index is 0.0429. The van der Waals surface area contributed by atoms with Crippen molar-refractivity contribution in [1.82, 2.24) is 0 Å². The molecule has 0 aliphatic carbocycles. The second kappa shape index (κ2) is 4.07. The highest BCUT2D eigenvalue weighted by atomic mass is 16.7. The van der Waals surface area contributed by atoms with Crippen molar-refractivity contribution in [3.8, 4) is 0 Å². The van der Waals surface area contributed by atoms with Gasteiger partial charge in [0.2, 0.25) is 5.79 Å². The quantitative estimate of drug-likeness (QED) is 0.611. The molecule has 5 atom stereocenters. The standard InChI is InChI=1S/C11H18O5/c1-6-3-4-9(13)11(15-6)5-8(12)10(14)7(2)16-11/h6-7,9-10,13-14H,3-5H2,1-2H3/t6-,7+,9+,10+,11-/m1/s1. The zero-order chi connectivity index (χ0) is 11.9. The Morgan fingerprint density at radius 1 is 1.25 bits per heavy atom. The molecule has 2 rings (SSSR count). The van der Waals surface area contributed by atoms with Crippen molar-refractivity contribution in [3.63, 3.8) is 0 Å². The van der Waals surface area contributed by atoms with E-state index in [2.05, 4.69) is 0 Å². The lowest BCUT2D eigenvalue weighted by atomic mass is 9.89. The first-order valence-corrected chi connectivity index (χ1v) is 5.69. The maximum atomic E-state index is 11.6. The van der Waals surface area contributed by atoms with Crippen molar-refractivity contribution >= 4 is 5.78 Å². The van der Waals surface area contributed by atoms with Gasteiger partial charge >= 0.3 is 0 Å². The Hall–Kier alpha value is -0.490. The number of hydrogen-bond acceptors (Lipinski definition) is 5. The minimum Gasteiger partial charge on any atom is -0.387 e. The molecule has 0 bridgehead atoms. The van der Waals surface area contributed by atoms with E-state index >= 15 is 0 Å². The summed E-state index contributed by atoms with van der Waals surface area (Å²) in [6.07, 6.45) is -1.38. The molecule has 0 aromatic heterocycles. The van der Waals surface area contributed by atoms with Crippen LogP contribution in [0.4, 0.5) is 0 Å². The maximum Gasteiger partial charge on any atom is 0.202 e. The first-order valence-electron chi connectivity index (χ1n) is 5.69. The van der Waals surface area contributed by atoms with Crippen molar-refractivity contribution in [2.45, 2.75) is 63.3 Å². The van der Waals surface area contributed by atoms with Gasteiger partial charge in [0, 0.05) is 0 Å². The largest absolute Gasteiger partial charge is 0.387 e. The zero-order valence-corrected chi connectivity index (χ0v) is 9.55. The highest BCUT2D eigenvalue weighted by molar-refractivity contribution is 5.85. The van der Waals surface area contributed by atoms with Crippen LogP contribution in [0, 0.1) is 0 Å². The summed E-state index contributed by atoms with van der Waals surface area (Å²) in [7, 11) is 0. The average molecular weight is 230 g/mol. The highest BCUT2D eigenvalue weighted by Crippen LogP contribution is 2.38. The highest BCUT2D eigenvalue weighted by Gasteiger charge is 2.52. The summed E-state index contributed by atoms with van der Waals surface area (Å²) >= 11 is 0. The van der Waals surface area contributed by atoms with Crippen LogP contribution in [0.5, 0.6) is 0 Å². The molecular formula is C11H18O5. The Balaban J connectivity index is 2.20. The van der Waals surface area contributed by atoms with Gasteiger partial charge < -0.3 is 19.7 Å². The van der Waals surface area contributed by atoms with E-state index < -0.39 is 24.1 Å². The summed E-state index contributed by atoms with van der Waals surface area (Å²) in [4.78, 5) is 11.6. The first kappa shape index (κ1) is 12.0. The van der Waals surface area contributed by atoms with Gasteiger partial charge in [-0.1, -0.05) is 0 Å². The Bertz CT molecular complexity index is 292. The molecule has 0 unspecified atom stereocenters. The fourth-order valence-electron chi connectivity index (χ4n) is 2.39. The van der Waals surface area contributed by atoms with Crippen LogP contribution in [0.1, 0.15) is 33.1 Å². The molecule has 92 valence electrons. The molecule has 2 heterocycles. The summed E-state index contributed by atoms with van der Waals surface area (Å²) in [5.74, 6) is -1.57. The number of carbonyl (C=O) groups excluding carboxylic acids is 1. The number of hydrogen-bond donors (Lipinski definition) is 2. The molecule has 2 N–H and O–H groups in total. The van der Waals surface area contributed by atoms with Crippen LogP contribution in [0.3, 0.4) is 0 Å². The normalized spacial score (nSPS) is 49.6. The number of carbonyl (C=O) groups is 1. The number of Topliss-reactive ketones (excluding diaryl/α,β-unsaturated/α-hetero) is 1. The molecule has 2 aliphatic heterocycles. The zero-order valence-electron chi connectivity index (χ0n) is 9.55. The van der Waals surface area contributed by atoms with Crippen molar-refractivity contribution < 1.29 is 24.5 Å². The van der Waals surface area contributed by atoms with Gasteiger partial charge in [0.25, 0.3) is 0 Å². The monoisotopic (exact) mass is 230 g/mol. The Morgan fingerprint density at radius 2 is 1.94 bits per heavy atom. The summed E-state index contributed by atoms with van der Waals surface area (Å²) in [6, 6.07) is 0. The fourth-order valence-corrected chi connectivity index (χ4v) is 2.39. The van der Waals surface area contributed by atoms with Crippen LogP contribution in [-0.4, -0.2) is 46.2 Å². The summed E-state index contributed by atoms with van der Waals surface area (Å²) < 4.78 is 11.1. The molecule has 0 aromatic carbocycles. The number of aliphatic hydroxyl groups is 2. The molecule has 5 nitrogen and oxygen atoms in total. The average Bonchev–Trinajstić information content (AvgIpc) is 2.21. The first-order chi connectivity index (χ1) is 7.44. The lowest BCUT2D eigenvalue weighted by molar-refractivity contribution is -0.345. The van der Waals surface area contributed by atoms with Crippen LogP contribution < -0.4 is 0 Å². The van der Waals surface area contributed by atoms with Crippen molar-refractivity contribution in [2.75, 3.05) is 0 Å². The van der Waals surface area contributed by atoms with Crippen LogP contribution in [0.25, 0.3) is 0 Å². The van der Waals surface area contributed by atoms with E-state index in [1.54, 1.807) is 6.92 Å². The van der Waals surface area contributed by atoms with Gasteiger partial charge in [0.1, 0.15) is 12.2 Å². The lowest BCUT2D eigenvalue weighted by Crippen LogP contribution is -2.61. The van der Waals surface area contributed by atoms with Crippen molar-refractivity contribution in [3.05, 3.63) is 0 Å². The molecule has 16 heavy (non-hydrogen) atoms. The Morgan fingerprint density at radius 3 is 2.56 bits per heavy atom. The maximum absolute atomic E-state index is 11.6. The molecule has 2 fully saturated rings. The van der Waals surface area contributed by atoms with Crippen molar-refractivity contribution in [1.29, 1.82) is 0 Å². The van der Waals surface area contributed by atoms with E-state index in [4.69, 9.17) is 9.47 Å². The second-order valence-electron chi connectivity index (χ2n) is 4.74. The Labute approximate surface area is 94.4 Å². The molecule has 0 saturated carbocycles. The summed E-state index contributed by atoms with van der Waals surface area (Å²) in [5, 5.41) is 19.4. The molecule has 5 heteroatoms.